The predicted octanol–water partition coefficient (Wildman–Crippen LogP) is 5.36. The predicted molar refractivity (Wildman–Crippen MR) is 135 cm³/mol. The first-order valence-corrected chi connectivity index (χ1v) is 15.3. The number of hydrogen-bond donors (Lipinski definition) is 2. The summed E-state index contributed by atoms with van der Waals surface area (Å²) in [4.78, 5) is 2.72. The van der Waals surface area contributed by atoms with Crippen LogP contribution in [0.2, 0.25) is 0 Å². The van der Waals surface area contributed by atoms with Crippen LogP contribution < -0.4 is 0 Å². The fraction of sp³-hybridized carbons (Fsp3) is 0.500. The molecule has 2 aromatic rings. The summed E-state index contributed by atoms with van der Waals surface area (Å²) in [6.45, 7) is 0.592. The number of aliphatic hydroxyl groups is 2. The molecular weight excluding hydrogens is 465 g/mol. The molecule has 0 aliphatic carbocycles. The lowest BCUT2D eigenvalue weighted by Crippen LogP contribution is -2.06. The Kier molecular flexibility index (Phi) is 8.49. The average molecular weight is 489 g/mol. The molecule has 0 saturated carbocycles. The van der Waals surface area contributed by atoms with E-state index < -0.39 is 0 Å². The van der Waals surface area contributed by atoms with Crippen molar-refractivity contribution in [3.63, 3.8) is 0 Å². The van der Waals surface area contributed by atoms with Gasteiger partial charge in [-0.05, 0) is 22.9 Å². The molecule has 2 aromatic carbocycles. The van der Waals surface area contributed by atoms with Crippen LogP contribution in [0.4, 0.5) is 0 Å². The van der Waals surface area contributed by atoms with Gasteiger partial charge in [-0.2, -0.15) is 0 Å². The summed E-state index contributed by atoms with van der Waals surface area (Å²) >= 11 is 11.7. The molecular formula is C20H24O2S6. The molecule has 4 atom stereocenters. The van der Waals surface area contributed by atoms with Crippen molar-refractivity contribution in [1.82, 2.24) is 0 Å². The van der Waals surface area contributed by atoms with Gasteiger partial charge >= 0.3 is 0 Å². The molecule has 2 nitrogen and oxygen atoms in total. The maximum absolute atomic E-state index is 9.34. The van der Waals surface area contributed by atoms with Gasteiger partial charge in [0.15, 0.2) is 0 Å². The SMILES string of the molecule is OCC1CSC(CSc2cccc3c(SCC4SCC(CO)S4)cccc23)S1. The zero-order valence-corrected chi connectivity index (χ0v) is 20.3. The summed E-state index contributed by atoms with van der Waals surface area (Å²) in [5.41, 5.74) is 0. The van der Waals surface area contributed by atoms with E-state index >= 15 is 0 Å². The molecule has 2 heterocycles. The van der Waals surface area contributed by atoms with Crippen molar-refractivity contribution >= 4 is 81.3 Å². The van der Waals surface area contributed by atoms with Crippen LogP contribution in [0.25, 0.3) is 10.8 Å². The first kappa shape index (κ1) is 21.9. The highest BCUT2D eigenvalue weighted by Crippen LogP contribution is 2.43. The van der Waals surface area contributed by atoms with E-state index in [0.717, 1.165) is 23.0 Å². The van der Waals surface area contributed by atoms with Gasteiger partial charge in [0.2, 0.25) is 0 Å². The third-order valence-corrected chi connectivity index (χ3v) is 14.3. The van der Waals surface area contributed by atoms with Crippen LogP contribution in [0.1, 0.15) is 0 Å². The van der Waals surface area contributed by atoms with Gasteiger partial charge in [0.25, 0.3) is 0 Å². The number of thioether (sulfide) groups is 6. The first-order valence-electron chi connectivity index (χ1n) is 9.30. The Hall–Kier alpha value is 0.720. The number of benzene rings is 2. The van der Waals surface area contributed by atoms with Crippen LogP contribution >= 0.6 is 70.6 Å². The van der Waals surface area contributed by atoms with E-state index in [1.54, 1.807) is 0 Å². The Morgan fingerprint density at radius 1 is 0.750 bits per heavy atom. The Labute approximate surface area is 192 Å². The molecule has 2 saturated heterocycles. The van der Waals surface area contributed by atoms with E-state index in [9.17, 15) is 10.2 Å². The van der Waals surface area contributed by atoms with Crippen LogP contribution in [-0.4, -0.2) is 66.1 Å². The zero-order chi connectivity index (χ0) is 19.3. The highest BCUT2D eigenvalue weighted by molar-refractivity contribution is 8.22. The number of rotatable bonds is 8. The topological polar surface area (TPSA) is 40.5 Å². The minimum Gasteiger partial charge on any atom is -0.395 e. The molecule has 0 aromatic heterocycles. The number of fused-ring (bicyclic) bond motifs is 1. The van der Waals surface area contributed by atoms with Crippen molar-refractivity contribution in [2.45, 2.75) is 29.5 Å². The maximum Gasteiger partial charge on any atom is 0.0600 e. The Balaban J connectivity index is 1.41. The molecule has 28 heavy (non-hydrogen) atoms. The molecule has 0 amide bonds. The lowest BCUT2D eigenvalue weighted by Gasteiger charge is -2.13. The number of hydrogen-bond acceptors (Lipinski definition) is 8. The molecule has 2 aliphatic heterocycles. The standard InChI is InChI=1S/C20H24O2S6/c21-7-13-9-25-19(27-13)11-23-17-5-1-3-15-16(17)4-2-6-18(15)24-12-20-26-10-14(8-22)28-20/h1-6,13-14,19-22H,7-12H2. The van der Waals surface area contributed by atoms with E-state index in [2.05, 4.69) is 36.4 Å². The number of aliphatic hydroxyl groups excluding tert-OH is 2. The quantitative estimate of drug-likeness (QED) is 0.482. The lowest BCUT2D eigenvalue weighted by atomic mass is 10.1. The van der Waals surface area contributed by atoms with E-state index in [1.165, 1.54) is 20.6 Å². The van der Waals surface area contributed by atoms with Crippen LogP contribution in [-0.2, 0) is 0 Å². The van der Waals surface area contributed by atoms with Crippen LogP contribution in [0, 0.1) is 0 Å². The highest BCUT2D eigenvalue weighted by Gasteiger charge is 2.26. The average Bonchev–Trinajstić information content (AvgIpc) is 3.39. The smallest absolute Gasteiger partial charge is 0.0600 e. The first-order chi connectivity index (χ1) is 13.8. The Morgan fingerprint density at radius 3 is 1.61 bits per heavy atom. The summed E-state index contributed by atoms with van der Waals surface area (Å²) in [5.74, 6) is 4.30. The summed E-state index contributed by atoms with van der Waals surface area (Å²) in [5, 5.41) is 22.2. The summed E-state index contributed by atoms with van der Waals surface area (Å²) in [6.07, 6.45) is 0. The molecule has 2 aliphatic rings. The zero-order valence-electron chi connectivity index (χ0n) is 15.4. The summed E-state index contributed by atoms with van der Waals surface area (Å²) in [6, 6.07) is 13.3. The molecule has 8 heteroatoms. The van der Waals surface area contributed by atoms with Gasteiger partial charge in [0.1, 0.15) is 0 Å². The highest BCUT2D eigenvalue weighted by atomic mass is 32.2. The molecule has 0 spiro atoms. The van der Waals surface area contributed by atoms with Crippen molar-refractivity contribution in [2.24, 2.45) is 0 Å². The van der Waals surface area contributed by atoms with E-state index in [1.807, 2.05) is 70.6 Å². The van der Waals surface area contributed by atoms with Crippen LogP contribution in [0.5, 0.6) is 0 Å². The van der Waals surface area contributed by atoms with Gasteiger partial charge < -0.3 is 10.2 Å². The molecule has 4 rings (SSSR count). The van der Waals surface area contributed by atoms with Crippen molar-refractivity contribution in [2.75, 3.05) is 36.2 Å². The van der Waals surface area contributed by atoms with E-state index in [4.69, 9.17) is 0 Å². The minimum atomic E-state index is 0.296. The van der Waals surface area contributed by atoms with Gasteiger partial charge in [-0.1, -0.05) is 24.3 Å². The minimum absolute atomic E-state index is 0.296. The third-order valence-electron chi connectivity index (χ3n) is 4.62. The van der Waals surface area contributed by atoms with Gasteiger partial charge in [-0.15, -0.1) is 70.6 Å². The molecule has 152 valence electrons. The fourth-order valence-corrected chi connectivity index (χ4v) is 12.3. The van der Waals surface area contributed by atoms with E-state index in [0.29, 0.717) is 32.9 Å². The monoisotopic (exact) mass is 488 g/mol. The Bertz CT molecular complexity index is 723. The molecule has 2 fully saturated rings. The second kappa shape index (κ2) is 10.8. The largest absolute Gasteiger partial charge is 0.395 e. The Morgan fingerprint density at radius 2 is 1.21 bits per heavy atom. The third kappa shape index (κ3) is 5.49. The normalized spacial score (nSPS) is 27.6. The van der Waals surface area contributed by atoms with Gasteiger partial charge in [-0.3, -0.25) is 0 Å². The van der Waals surface area contributed by atoms with Gasteiger partial charge in [0, 0.05) is 43.3 Å². The molecule has 2 N–H and O–H groups in total. The van der Waals surface area contributed by atoms with Gasteiger partial charge in [-0.25, -0.2) is 0 Å². The maximum atomic E-state index is 9.34. The van der Waals surface area contributed by atoms with Crippen LogP contribution in [0.15, 0.2) is 46.2 Å². The lowest BCUT2D eigenvalue weighted by molar-refractivity contribution is 0.301. The summed E-state index contributed by atoms with van der Waals surface area (Å²) < 4.78 is 1.15. The van der Waals surface area contributed by atoms with Crippen molar-refractivity contribution in [3.05, 3.63) is 36.4 Å². The second-order valence-corrected chi connectivity index (χ2v) is 14.8. The molecule has 4 unspecified atom stereocenters. The van der Waals surface area contributed by atoms with Gasteiger partial charge in [0.05, 0.1) is 22.4 Å². The second-order valence-electron chi connectivity index (χ2n) is 6.64. The van der Waals surface area contributed by atoms with Crippen molar-refractivity contribution < 1.29 is 10.2 Å². The van der Waals surface area contributed by atoms with E-state index in [-0.39, 0.29) is 0 Å². The van der Waals surface area contributed by atoms with Crippen molar-refractivity contribution in [1.29, 1.82) is 0 Å². The van der Waals surface area contributed by atoms with Crippen LogP contribution in [0.3, 0.4) is 0 Å². The molecule has 0 bridgehead atoms. The fourth-order valence-electron chi connectivity index (χ4n) is 3.20. The van der Waals surface area contributed by atoms with Crippen molar-refractivity contribution in [3.8, 4) is 0 Å². The molecule has 0 radical (unpaired) electrons. The summed E-state index contributed by atoms with van der Waals surface area (Å²) in [7, 11) is 0.